The zero-order valence-corrected chi connectivity index (χ0v) is 11.5. The first-order valence-electron chi connectivity index (χ1n) is 6.00. The van der Waals surface area contributed by atoms with Gasteiger partial charge in [0.25, 0.3) is 5.91 Å². The maximum Gasteiger partial charge on any atom is 0.252 e. The van der Waals surface area contributed by atoms with E-state index in [9.17, 15) is 4.79 Å². The molecule has 1 amide bonds. The van der Waals surface area contributed by atoms with Crippen LogP contribution in [0.4, 0.5) is 0 Å². The SMILES string of the molecule is O=C(NCc1cncs1)c1ccncc1C#CCCO. The number of thiazole rings is 1. The van der Waals surface area contributed by atoms with Crippen molar-refractivity contribution in [2.75, 3.05) is 6.61 Å². The third-order valence-corrected chi connectivity index (χ3v) is 3.21. The van der Waals surface area contributed by atoms with Crippen molar-refractivity contribution in [2.24, 2.45) is 0 Å². The van der Waals surface area contributed by atoms with Crippen LogP contribution < -0.4 is 5.32 Å². The Bertz CT molecular complexity index is 629. The molecule has 0 aliphatic heterocycles. The number of aromatic nitrogens is 2. The van der Waals surface area contributed by atoms with Crippen molar-refractivity contribution >= 4 is 17.2 Å². The molecule has 0 aromatic carbocycles. The minimum absolute atomic E-state index is 0.000168. The van der Waals surface area contributed by atoms with E-state index < -0.39 is 0 Å². The fraction of sp³-hybridized carbons (Fsp3) is 0.214. The Hall–Kier alpha value is -2.23. The second kappa shape index (κ2) is 7.38. The summed E-state index contributed by atoms with van der Waals surface area (Å²) in [6.07, 6.45) is 5.20. The van der Waals surface area contributed by atoms with Gasteiger partial charge in [0, 0.05) is 29.9 Å². The number of pyridine rings is 1. The van der Waals surface area contributed by atoms with E-state index in [1.807, 2.05) is 0 Å². The lowest BCUT2D eigenvalue weighted by Gasteiger charge is -2.05. The second-order valence-corrected chi connectivity index (χ2v) is 4.82. The van der Waals surface area contributed by atoms with Crippen LogP contribution in [0.15, 0.2) is 30.2 Å². The first-order valence-corrected chi connectivity index (χ1v) is 6.88. The van der Waals surface area contributed by atoms with Gasteiger partial charge in [-0.25, -0.2) is 0 Å². The first-order chi connectivity index (χ1) is 9.81. The lowest BCUT2D eigenvalue weighted by molar-refractivity contribution is 0.0951. The van der Waals surface area contributed by atoms with Gasteiger partial charge in [0.2, 0.25) is 0 Å². The van der Waals surface area contributed by atoms with Crippen LogP contribution in [-0.2, 0) is 6.54 Å². The number of aliphatic hydroxyl groups is 1. The van der Waals surface area contributed by atoms with Crippen molar-refractivity contribution in [3.63, 3.8) is 0 Å². The maximum atomic E-state index is 12.1. The second-order valence-electron chi connectivity index (χ2n) is 3.85. The Morgan fingerprint density at radius 3 is 3.05 bits per heavy atom. The van der Waals surface area contributed by atoms with Crippen LogP contribution in [0.1, 0.15) is 27.2 Å². The van der Waals surface area contributed by atoms with Gasteiger partial charge in [0.05, 0.1) is 29.8 Å². The van der Waals surface area contributed by atoms with Crippen molar-refractivity contribution < 1.29 is 9.90 Å². The van der Waals surface area contributed by atoms with Gasteiger partial charge in [-0.05, 0) is 6.07 Å². The summed E-state index contributed by atoms with van der Waals surface area (Å²) >= 11 is 1.49. The average molecular weight is 287 g/mol. The highest BCUT2D eigenvalue weighted by Gasteiger charge is 2.09. The van der Waals surface area contributed by atoms with E-state index in [1.165, 1.54) is 11.3 Å². The number of nitrogens with zero attached hydrogens (tertiary/aromatic N) is 2. The molecule has 2 rings (SSSR count). The van der Waals surface area contributed by atoms with E-state index in [1.54, 1.807) is 30.2 Å². The summed E-state index contributed by atoms with van der Waals surface area (Å²) in [6.45, 7) is 0.440. The predicted octanol–water partition coefficient (Wildman–Crippen LogP) is 1.20. The van der Waals surface area contributed by atoms with Gasteiger partial charge in [0.1, 0.15) is 0 Å². The van der Waals surface area contributed by atoms with Gasteiger partial charge in [-0.1, -0.05) is 11.8 Å². The van der Waals surface area contributed by atoms with Crippen LogP contribution in [0.3, 0.4) is 0 Å². The summed E-state index contributed by atoms with van der Waals surface area (Å²) in [7, 11) is 0. The minimum Gasteiger partial charge on any atom is -0.395 e. The summed E-state index contributed by atoms with van der Waals surface area (Å²) in [5, 5.41) is 11.5. The Morgan fingerprint density at radius 2 is 2.30 bits per heavy atom. The van der Waals surface area contributed by atoms with Crippen molar-refractivity contribution in [1.82, 2.24) is 15.3 Å². The minimum atomic E-state index is -0.200. The van der Waals surface area contributed by atoms with Crippen LogP contribution in [0.5, 0.6) is 0 Å². The first kappa shape index (κ1) is 14.2. The smallest absolute Gasteiger partial charge is 0.252 e. The fourth-order valence-corrected chi connectivity index (χ4v) is 2.03. The third-order valence-electron chi connectivity index (χ3n) is 2.43. The molecule has 20 heavy (non-hydrogen) atoms. The number of amides is 1. The highest BCUT2D eigenvalue weighted by atomic mass is 32.1. The van der Waals surface area contributed by atoms with E-state index in [0.717, 1.165) is 4.88 Å². The van der Waals surface area contributed by atoms with Crippen LogP contribution in [0, 0.1) is 11.8 Å². The molecular weight excluding hydrogens is 274 g/mol. The van der Waals surface area contributed by atoms with Gasteiger partial charge in [-0.15, -0.1) is 11.3 Å². The average Bonchev–Trinajstić information content (AvgIpc) is 2.99. The summed E-state index contributed by atoms with van der Waals surface area (Å²) in [4.78, 5) is 21.0. The van der Waals surface area contributed by atoms with Crippen molar-refractivity contribution in [2.45, 2.75) is 13.0 Å². The molecule has 0 saturated carbocycles. The van der Waals surface area contributed by atoms with E-state index in [0.29, 0.717) is 24.1 Å². The standard InChI is InChI=1S/C14H13N3O2S/c18-6-2-1-3-11-7-15-5-4-13(11)14(19)17-9-12-8-16-10-20-12/h4-5,7-8,10,18H,2,6,9H2,(H,17,19). The number of nitrogens with one attached hydrogen (secondary N) is 1. The molecule has 0 unspecified atom stereocenters. The fourth-order valence-electron chi connectivity index (χ4n) is 1.50. The molecule has 0 fully saturated rings. The summed E-state index contributed by atoms with van der Waals surface area (Å²) in [6, 6.07) is 1.63. The monoisotopic (exact) mass is 287 g/mol. The maximum absolute atomic E-state index is 12.1. The summed E-state index contributed by atoms with van der Waals surface area (Å²) in [5.41, 5.74) is 2.76. The molecule has 102 valence electrons. The molecule has 0 aliphatic rings. The Balaban J connectivity index is 2.07. The number of carbonyl (C=O) groups excluding carboxylic acids is 1. The van der Waals surface area contributed by atoms with Crippen LogP contribution >= 0.6 is 11.3 Å². The quantitative estimate of drug-likeness (QED) is 0.829. The van der Waals surface area contributed by atoms with Gasteiger partial charge in [-0.2, -0.15) is 0 Å². The molecule has 0 aliphatic carbocycles. The molecular formula is C14H13N3O2S. The molecule has 0 atom stereocenters. The van der Waals surface area contributed by atoms with E-state index in [2.05, 4.69) is 27.1 Å². The zero-order valence-electron chi connectivity index (χ0n) is 10.7. The number of hydrogen-bond donors (Lipinski definition) is 2. The topological polar surface area (TPSA) is 75.1 Å². The number of hydrogen-bond acceptors (Lipinski definition) is 5. The molecule has 2 aromatic heterocycles. The Morgan fingerprint density at radius 1 is 1.40 bits per heavy atom. The van der Waals surface area contributed by atoms with Crippen molar-refractivity contribution in [1.29, 1.82) is 0 Å². The van der Waals surface area contributed by atoms with Gasteiger partial charge >= 0.3 is 0 Å². The number of aliphatic hydroxyl groups excluding tert-OH is 1. The summed E-state index contributed by atoms with van der Waals surface area (Å²) < 4.78 is 0. The van der Waals surface area contributed by atoms with Crippen LogP contribution in [-0.4, -0.2) is 27.6 Å². The van der Waals surface area contributed by atoms with Crippen molar-refractivity contribution in [3.8, 4) is 11.8 Å². The largest absolute Gasteiger partial charge is 0.395 e. The molecule has 5 nitrogen and oxygen atoms in total. The lowest BCUT2D eigenvalue weighted by atomic mass is 10.1. The number of rotatable bonds is 4. The van der Waals surface area contributed by atoms with E-state index in [-0.39, 0.29) is 12.5 Å². The Kier molecular flexibility index (Phi) is 5.24. The molecule has 6 heteroatoms. The van der Waals surface area contributed by atoms with Gasteiger partial charge < -0.3 is 10.4 Å². The molecule has 2 aromatic rings. The normalized spacial score (nSPS) is 9.65. The molecule has 0 bridgehead atoms. The third kappa shape index (κ3) is 3.88. The van der Waals surface area contributed by atoms with Crippen molar-refractivity contribution in [3.05, 3.63) is 46.2 Å². The Labute approximate surface area is 120 Å². The molecule has 0 spiro atoms. The van der Waals surface area contributed by atoms with E-state index in [4.69, 9.17) is 5.11 Å². The van der Waals surface area contributed by atoms with Crippen LogP contribution in [0.2, 0.25) is 0 Å². The van der Waals surface area contributed by atoms with Gasteiger partial charge in [0.15, 0.2) is 0 Å². The lowest BCUT2D eigenvalue weighted by Crippen LogP contribution is -2.23. The predicted molar refractivity (Wildman–Crippen MR) is 76.1 cm³/mol. The highest BCUT2D eigenvalue weighted by Crippen LogP contribution is 2.08. The highest BCUT2D eigenvalue weighted by molar-refractivity contribution is 7.09. The zero-order chi connectivity index (χ0) is 14.2. The molecule has 2 heterocycles. The van der Waals surface area contributed by atoms with Crippen LogP contribution in [0.25, 0.3) is 0 Å². The molecule has 0 radical (unpaired) electrons. The summed E-state index contributed by atoms with van der Waals surface area (Å²) in [5.74, 6) is 5.43. The number of carbonyl (C=O) groups is 1. The molecule has 2 N–H and O–H groups in total. The van der Waals surface area contributed by atoms with Gasteiger partial charge in [-0.3, -0.25) is 14.8 Å². The molecule has 0 saturated heterocycles. The van der Waals surface area contributed by atoms with E-state index >= 15 is 0 Å².